The van der Waals surface area contributed by atoms with Crippen LogP contribution in [-0.4, -0.2) is 20.8 Å². The second-order valence-corrected chi connectivity index (χ2v) is 5.81. The van der Waals surface area contributed by atoms with E-state index in [4.69, 9.17) is 12.2 Å². The molecule has 1 heterocycles. The fraction of sp³-hybridized carbons (Fsp3) is 0. The Morgan fingerprint density at radius 1 is 1.18 bits per heavy atom. The summed E-state index contributed by atoms with van der Waals surface area (Å²) >= 11 is 8.61. The minimum atomic E-state index is -0.255. The van der Waals surface area contributed by atoms with E-state index in [2.05, 4.69) is 31.6 Å². The zero-order valence-electron chi connectivity index (χ0n) is 11.3. The lowest BCUT2D eigenvalue weighted by molar-refractivity contribution is 0.101. The maximum atomic E-state index is 12.3. The van der Waals surface area contributed by atoms with Crippen LogP contribution in [0.3, 0.4) is 0 Å². The number of hydrogen-bond acceptors (Lipinski definition) is 3. The number of aromatic amines is 1. The summed E-state index contributed by atoms with van der Waals surface area (Å²) in [6.45, 7) is 0. The Kier molecular flexibility index (Phi) is 4.17. The van der Waals surface area contributed by atoms with Crippen molar-refractivity contribution >= 4 is 34.1 Å². The average molecular weight is 375 g/mol. The molecule has 0 saturated carbocycles. The number of aromatic nitrogens is 3. The van der Waals surface area contributed by atoms with Crippen molar-refractivity contribution in [3.63, 3.8) is 0 Å². The lowest BCUT2D eigenvalue weighted by Gasteiger charge is -2.09. The molecule has 0 saturated heterocycles. The van der Waals surface area contributed by atoms with Crippen LogP contribution in [0.2, 0.25) is 0 Å². The van der Waals surface area contributed by atoms with Crippen molar-refractivity contribution in [1.29, 1.82) is 0 Å². The maximum absolute atomic E-state index is 12.3. The standard InChI is InChI=1S/C15H11BrN4OS/c16-12-8-4-7-11(9-12)13-17-18-15(22)20(13)19-14(21)10-5-2-1-3-6-10/h1-9H,(H,18,22)(H,19,21). The van der Waals surface area contributed by atoms with Crippen molar-refractivity contribution in [2.75, 3.05) is 5.43 Å². The van der Waals surface area contributed by atoms with E-state index in [0.29, 0.717) is 16.2 Å². The van der Waals surface area contributed by atoms with Gasteiger partial charge >= 0.3 is 0 Å². The molecule has 7 heteroatoms. The molecule has 2 aromatic carbocycles. The molecule has 1 aromatic heterocycles. The van der Waals surface area contributed by atoms with Gasteiger partial charge in [0.2, 0.25) is 4.77 Å². The third-order valence-corrected chi connectivity index (χ3v) is 3.77. The Hall–Kier alpha value is -2.25. The minimum absolute atomic E-state index is 0.255. The van der Waals surface area contributed by atoms with Crippen molar-refractivity contribution in [3.05, 3.63) is 69.4 Å². The van der Waals surface area contributed by atoms with Gasteiger partial charge in [0.25, 0.3) is 5.91 Å². The highest BCUT2D eigenvalue weighted by Crippen LogP contribution is 2.20. The van der Waals surface area contributed by atoms with Crippen LogP contribution in [0.1, 0.15) is 10.4 Å². The van der Waals surface area contributed by atoms with Gasteiger partial charge in [-0.25, -0.2) is 9.77 Å². The first-order chi connectivity index (χ1) is 10.6. The van der Waals surface area contributed by atoms with Gasteiger partial charge in [0.1, 0.15) is 0 Å². The topological polar surface area (TPSA) is 62.7 Å². The highest BCUT2D eigenvalue weighted by Gasteiger charge is 2.12. The molecule has 3 rings (SSSR count). The van der Waals surface area contributed by atoms with E-state index >= 15 is 0 Å². The van der Waals surface area contributed by atoms with E-state index < -0.39 is 0 Å². The van der Waals surface area contributed by atoms with E-state index in [0.717, 1.165) is 10.0 Å². The molecule has 0 aliphatic heterocycles. The van der Waals surface area contributed by atoms with Crippen molar-refractivity contribution in [1.82, 2.24) is 14.9 Å². The SMILES string of the molecule is O=C(Nn1c(-c2cccc(Br)c2)n[nH]c1=S)c1ccccc1. The summed E-state index contributed by atoms with van der Waals surface area (Å²) in [7, 11) is 0. The number of carbonyl (C=O) groups excluding carboxylic acids is 1. The number of nitrogens with one attached hydrogen (secondary N) is 2. The molecule has 110 valence electrons. The van der Waals surface area contributed by atoms with Gasteiger partial charge in [-0.1, -0.05) is 46.3 Å². The van der Waals surface area contributed by atoms with Crippen LogP contribution in [0.5, 0.6) is 0 Å². The van der Waals surface area contributed by atoms with Crippen molar-refractivity contribution in [2.45, 2.75) is 0 Å². The summed E-state index contributed by atoms with van der Waals surface area (Å²) in [6, 6.07) is 16.5. The van der Waals surface area contributed by atoms with Gasteiger partial charge in [-0.3, -0.25) is 10.2 Å². The van der Waals surface area contributed by atoms with Crippen LogP contribution >= 0.6 is 28.1 Å². The lowest BCUT2D eigenvalue weighted by atomic mass is 10.2. The first kappa shape index (κ1) is 14.7. The normalized spacial score (nSPS) is 10.4. The summed E-state index contributed by atoms with van der Waals surface area (Å²) < 4.78 is 2.70. The van der Waals surface area contributed by atoms with Gasteiger partial charge in [-0.2, -0.15) is 5.10 Å². The molecule has 0 radical (unpaired) electrons. The van der Waals surface area contributed by atoms with Gasteiger partial charge in [-0.15, -0.1) is 0 Å². The molecule has 0 bridgehead atoms. The number of halogens is 1. The molecule has 0 fully saturated rings. The molecule has 0 aliphatic rings. The number of rotatable bonds is 3. The predicted octanol–water partition coefficient (Wildman–Crippen LogP) is 3.75. The first-order valence-corrected chi connectivity index (χ1v) is 7.65. The number of hydrogen-bond donors (Lipinski definition) is 2. The third kappa shape index (κ3) is 3.00. The third-order valence-electron chi connectivity index (χ3n) is 3.00. The number of nitrogens with zero attached hydrogens (tertiary/aromatic N) is 2. The molecule has 5 nitrogen and oxygen atoms in total. The number of H-pyrrole nitrogens is 1. The monoisotopic (exact) mass is 374 g/mol. The molecule has 0 aliphatic carbocycles. The van der Waals surface area contributed by atoms with Gasteiger partial charge in [-0.05, 0) is 36.5 Å². The Bertz CT molecular complexity index is 873. The fourth-order valence-corrected chi connectivity index (χ4v) is 2.55. The van der Waals surface area contributed by atoms with E-state index in [-0.39, 0.29) is 5.91 Å². The molecular formula is C15H11BrN4OS. The van der Waals surface area contributed by atoms with Crippen LogP contribution in [0.15, 0.2) is 59.1 Å². The summed E-state index contributed by atoms with van der Waals surface area (Å²) in [6.07, 6.45) is 0. The number of amides is 1. The minimum Gasteiger partial charge on any atom is -0.267 e. The Labute approximate surface area is 140 Å². The smallest absolute Gasteiger partial charge is 0.267 e. The van der Waals surface area contributed by atoms with Crippen molar-refractivity contribution < 1.29 is 4.79 Å². The summed E-state index contributed by atoms with van der Waals surface area (Å²) in [4.78, 5) is 12.3. The van der Waals surface area contributed by atoms with Gasteiger partial charge in [0, 0.05) is 15.6 Å². The lowest BCUT2D eigenvalue weighted by Crippen LogP contribution is -2.23. The molecule has 2 N–H and O–H groups in total. The largest absolute Gasteiger partial charge is 0.270 e. The fourth-order valence-electron chi connectivity index (χ4n) is 1.98. The Balaban J connectivity index is 1.97. The van der Waals surface area contributed by atoms with Gasteiger partial charge < -0.3 is 0 Å². The van der Waals surface area contributed by atoms with Crippen molar-refractivity contribution in [3.8, 4) is 11.4 Å². The summed E-state index contributed by atoms with van der Waals surface area (Å²) in [5.74, 6) is 0.282. The molecule has 0 spiro atoms. The average Bonchev–Trinajstić information content (AvgIpc) is 2.89. The molecule has 0 unspecified atom stereocenters. The van der Waals surface area contributed by atoms with Gasteiger partial charge in [0.15, 0.2) is 5.82 Å². The molecule has 22 heavy (non-hydrogen) atoms. The second kappa shape index (κ2) is 6.25. The molecule has 0 atom stereocenters. The van der Waals surface area contributed by atoms with E-state index in [9.17, 15) is 4.79 Å². The molecular weight excluding hydrogens is 364 g/mol. The van der Waals surface area contributed by atoms with Crippen LogP contribution < -0.4 is 5.43 Å². The van der Waals surface area contributed by atoms with Gasteiger partial charge in [0.05, 0.1) is 0 Å². The van der Waals surface area contributed by atoms with Crippen LogP contribution in [-0.2, 0) is 0 Å². The Morgan fingerprint density at radius 3 is 2.68 bits per heavy atom. The molecule has 3 aromatic rings. The second-order valence-electron chi connectivity index (χ2n) is 4.51. The van der Waals surface area contributed by atoms with Crippen LogP contribution in [0.4, 0.5) is 0 Å². The zero-order valence-corrected chi connectivity index (χ0v) is 13.7. The van der Waals surface area contributed by atoms with E-state index in [1.807, 2.05) is 30.3 Å². The highest BCUT2D eigenvalue weighted by atomic mass is 79.9. The predicted molar refractivity (Wildman–Crippen MR) is 90.7 cm³/mol. The highest BCUT2D eigenvalue weighted by molar-refractivity contribution is 9.10. The maximum Gasteiger partial charge on any atom is 0.270 e. The van der Waals surface area contributed by atoms with Crippen molar-refractivity contribution in [2.24, 2.45) is 0 Å². The summed E-state index contributed by atoms with van der Waals surface area (Å²) in [5.41, 5.74) is 4.13. The quantitative estimate of drug-likeness (QED) is 0.686. The van der Waals surface area contributed by atoms with E-state index in [1.165, 1.54) is 4.68 Å². The Morgan fingerprint density at radius 2 is 1.95 bits per heavy atom. The summed E-state index contributed by atoms with van der Waals surface area (Å²) in [5, 5.41) is 6.88. The zero-order chi connectivity index (χ0) is 15.5. The number of benzene rings is 2. The molecule has 1 amide bonds. The van der Waals surface area contributed by atoms with Crippen LogP contribution in [0, 0.1) is 4.77 Å². The number of carbonyl (C=O) groups is 1. The van der Waals surface area contributed by atoms with Crippen LogP contribution in [0.25, 0.3) is 11.4 Å². The first-order valence-electron chi connectivity index (χ1n) is 6.45. The van der Waals surface area contributed by atoms with E-state index in [1.54, 1.807) is 24.3 Å².